The first-order valence-electron chi connectivity index (χ1n) is 9.68. The number of guanidine groups is 1. The number of rotatable bonds is 7. The number of benzene rings is 2. The molecule has 164 valence electrons. The fourth-order valence-corrected chi connectivity index (χ4v) is 3.02. The van der Waals surface area contributed by atoms with Gasteiger partial charge < -0.3 is 20.4 Å². The van der Waals surface area contributed by atoms with Gasteiger partial charge in [-0.05, 0) is 66.4 Å². The first-order chi connectivity index (χ1) is 14.5. The SMILES string of the molecule is CN=C(NCCc1ccc(F)cc1C)NCc1cccc(NC(=O)c2ccco2)c1.I. The highest BCUT2D eigenvalue weighted by molar-refractivity contribution is 14.0. The van der Waals surface area contributed by atoms with Gasteiger partial charge in [0.05, 0.1) is 6.26 Å². The molecular formula is C23H26FIN4O2. The topological polar surface area (TPSA) is 78.7 Å². The van der Waals surface area contributed by atoms with E-state index in [-0.39, 0.29) is 41.5 Å². The molecule has 0 atom stereocenters. The summed E-state index contributed by atoms with van der Waals surface area (Å²) in [7, 11) is 1.71. The second kappa shape index (κ2) is 12.1. The Morgan fingerprint density at radius 1 is 1.10 bits per heavy atom. The van der Waals surface area contributed by atoms with Crippen LogP contribution in [-0.2, 0) is 13.0 Å². The van der Waals surface area contributed by atoms with Crippen LogP contribution in [0, 0.1) is 12.7 Å². The van der Waals surface area contributed by atoms with Crippen LogP contribution in [0.2, 0.25) is 0 Å². The summed E-state index contributed by atoms with van der Waals surface area (Å²) < 4.78 is 18.3. The number of carbonyl (C=O) groups is 1. The van der Waals surface area contributed by atoms with Crippen molar-refractivity contribution in [3.63, 3.8) is 0 Å². The van der Waals surface area contributed by atoms with Crippen molar-refractivity contribution in [2.24, 2.45) is 4.99 Å². The lowest BCUT2D eigenvalue weighted by molar-refractivity contribution is 0.0996. The molecule has 8 heteroatoms. The van der Waals surface area contributed by atoms with Crippen molar-refractivity contribution in [2.45, 2.75) is 19.9 Å². The number of nitrogens with zero attached hydrogens (tertiary/aromatic N) is 1. The van der Waals surface area contributed by atoms with Gasteiger partial charge in [0.25, 0.3) is 5.91 Å². The Morgan fingerprint density at radius 3 is 2.65 bits per heavy atom. The largest absolute Gasteiger partial charge is 0.459 e. The first-order valence-corrected chi connectivity index (χ1v) is 9.68. The van der Waals surface area contributed by atoms with Gasteiger partial charge in [0.15, 0.2) is 11.7 Å². The van der Waals surface area contributed by atoms with Gasteiger partial charge in [0, 0.05) is 25.8 Å². The molecule has 0 saturated heterocycles. The Labute approximate surface area is 198 Å². The molecule has 0 fully saturated rings. The molecule has 3 N–H and O–H groups in total. The average Bonchev–Trinajstić information content (AvgIpc) is 3.27. The monoisotopic (exact) mass is 536 g/mol. The summed E-state index contributed by atoms with van der Waals surface area (Å²) in [6.45, 7) is 3.12. The van der Waals surface area contributed by atoms with Crippen LogP contribution in [0.4, 0.5) is 10.1 Å². The average molecular weight is 536 g/mol. The van der Waals surface area contributed by atoms with E-state index in [0.29, 0.717) is 24.7 Å². The van der Waals surface area contributed by atoms with E-state index in [2.05, 4.69) is 20.9 Å². The molecule has 0 bridgehead atoms. The molecule has 0 unspecified atom stereocenters. The highest BCUT2D eigenvalue weighted by Gasteiger charge is 2.09. The van der Waals surface area contributed by atoms with E-state index >= 15 is 0 Å². The Kier molecular flexibility index (Phi) is 9.51. The number of hydrogen-bond acceptors (Lipinski definition) is 3. The summed E-state index contributed by atoms with van der Waals surface area (Å²) in [6, 6.07) is 15.7. The smallest absolute Gasteiger partial charge is 0.291 e. The van der Waals surface area contributed by atoms with Crippen molar-refractivity contribution in [1.82, 2.24) is 10.6 Å². The zero-order chi connectivity index (χ0) is 21.3. The van der Waals surface area contributed by atoms with E-state index in [1.165, 1.54) is 12.3 Å². The summed E-state index contributed by atoms with van der Waals surface area (Å²) in [5.74, 6) is 0.419. The van der Waals surface area contributed by atoms with Gasteiger partial charge in [-0.2, -0.15) is 0 Å². The van der Waals surface area contributed by atoms with Crippen molar-refractivity contribution in [1.29, 1.82) is 0 Å². The van der Waals surface area contributed by atoms with Crippen LogP contribution in [0.25, 0.3) is 0 Å². The zero-order valence-corrected chi connectivity index (χ0v) is 19.8. The Balaban J connectivity index is 0.00000341. The minimum atomic E-state index is -0.293. The Hall–Kier alpha value is -2.88. The van der Waals surface area contributed by atoms with Gasteiger partial charge in [0.2, 0.25) is 0 Å². The molecule has 0 spiro atoms. The maximum atomic E-state index is 13.2. The van der Waals surface area contributed by atoms with E-state index in [4.69, 9.17) is 4.42 Å². The lowest BCUT2D eigenvalue weighted by Gasteiger charge is -2.13. The molecule has 2 aromatic carbocycles. The van der Waals surface area contributed by atoms with E-state index in [1.807, 2.05) is 37.3 Å². The molecular weight excluding hydrogens is 510 g/mol. The Bertz CT molecular complexity index is 1020. The number of anilines is 1. The molecule has 0 saturated carbocycles. The molecule has 0 aliphatic carbocycles. The number of carbonyl (C=O) groups excluding carboxylic acids is 1. The third kappa shape index (κ3) is 7.39. The van der Waals surface area contributed by atoms with Crippen molar-refractivity contribution >= 4 is 41.5 Å². The first kappa shape index (κ1) is 24.4. The predicted octanol–water partition coefficient (Wildman–Crippen LogP) is 4.51. The second-order valence-electron chi connectivity index (χ2n) is 6.81. The summed E-state index contributed by atoms with van der Waals surface area (Å²) in [5, 5.41) is 9.32. The second-order valence-corrected chi connectivity index (χ2v) is 6.81. The molecule has 0 radical (unpaired) electrons. The maximum absolute atomic E-state index is 13.2. The summed E-state index contributed by atoms with van der Waals surface area (Å²) in [6.07, 6.45) is 2.23. The number of amides is 1. The van der Waals surface area contributed by atoms with E-state index < -0.39 is 0 Å². The van der Waals surface area contributed by atoms with Crippen molar-refractivity contribution in [3.8, 4) is 0 Å². The number of nitrogens with one attached hydrogen (secondary N) is 3. The number of halogens is 2. The molecule has 1 amide bonds. The van der Waals surface area contributed by atoms with Crippen LogP contribution in [0.3, 0.4) is 0 Å². The lowest BCUT2D eigenvalue weighted by atomic mass is 10.1. The van der Waals surface area contributed by atoms with Gasteiger partial charge >= 0.3 is 0 Å². The maximum Gasteiger partial charge on any atom is 0.291 e. The molecule has 6 nitrogen and oxygen atoms in total. The number of aryl methyl sites for hydroxylation is 1. The minimum absolute atomic E-state index is 0. The van der Waals surface area contributed by atoms with E-state index in [1.54, 1.807) is 25.2 Å². The van der Waals surface area contributed by atoms with Gasteiger partial charge in [-0.1, -0.05) is 18.2 Å². The van der Waals surface area contributed by atoms with Gasteiger partial charge in [-0.15, -0.1) is 24.0 Å². The van der Waals surface area contributed by atoms with E-state index in [0.717, 1.165) is 23.1 Å². The van der Waals surface area contributed by atoms with Crippen molar-refractivity contribution in [2.75, 3.05) is 18.9 Å². The van der Waals surface area contributed by atoms with Crippen LogP contribution >= 0.6 is 24.0 Å². The normalized spacial score (nSPS) is 10.9. The quantitative estimate of drug-likeness (QED) is 0.236. The number of furan rings is 1. The van der Waals surface area contributed by atoms with Crippen LogP contribution in [0.15, 0.2) is 70.3 Å². The molecule has 31 heavy (non-hydrogen) atoms. The van der Waals surface area contributed by atoms with Crippen molar-refractivity contribution < 1.29 is 13.6 Å². The highest BCUT2D eigenvalue weighted by atomic mass is 127. The van der Waals surface area contributed by atoms with Gasteiger partial charge in [0.1, 0.15) is 5.82 Å². The zero-order valence-electron chi connectivity index (χ0n) is 17.4. The summed E-state index contributed by atoms with van der Waals surface area (Å²) >= 11 is 0. The lowest BCUT2D eigenvalue weighted by Crippen LogP contribution is -2.37. The van der Waals surface area contributed by atoms with E-state index in [9.17, 15) is 9.18 Å². The fraction of sp³-hybridized carbons (Fsp3) is 0.217. The van der Waals surface area contributed by atoms with Crippen LogP contribution in [0.1, 0.15) is 27.2 Å². The van der Waals surface area contributed by atoms with Crippen LogP contribution in [-0.4, -0.2) is 25.5 Å². The molecule has 0 aliphatic rings. The number of hydrogen-bond donors (Lipinski definition) is 3. The summed E-state index contributed by atoms with van der Waals surface area (Å²) in [5.41, 5.74) is 3.71. The van der Waals surface area contributed by atoms with Crippen LogP contribution < -0.4 is 16.0 Å². The van der Waals surface area contributed by atoms with Gasteiger partial charge in [-0.25, -0.2) is 4.39 Å². The fourth-order valence-electron chi connectivity index (χ4n) is 3.02. The standard InChI is InChI=1S/C23H25FN4O2.HI/c1-16-13-19(24)9-8-18(16)10-11-26-23(25-2)27-15-17-5-3-6-20(14-17)28-22(29)21-7-4-12-30-21;/h3-9,12-14H,10-11,15H2,1-2H3,(H,28,29)(H2,25,26,27);1H. The predicted molar refractivity (Wildman–Crippen MR) is 132 cm³/mol. The molecule has 0 aliphatic heterocycles. The summed E-state index contributed by atoms with van der Waals surface area (Å²) in [4.78, 5) is 16.3. The highest BCUT2D eigenvalue weighted by Crippen LogP contribution is 2.13. The molecule has 1 aromatic heterocycles. The van der Waals surface area contributed by atoms with Gasteiger partial charge in [-0.3, -0.25) is 9.79 Å². The molecule has 3 aromatic rings. The van der Waals surface area contributed by atoms with Crippen molar-refractivity contribution in [3.05, 3.63) is 89.1 Å². The molecule has 3 rings (SSSR count). The Morgan fingerprint density at radius 2 is 1.94 bits per heavy atom. The van der Waals surface area contributed by atoms with Crippen LogP contribution in [0.5, 0.6) is 0 Å². The number of aliphatic imine (C=N–C) groups is 1. The third-order valence-electron chi connectivity index (χ3n) is 4.60. The minimum Gasteiger partial charge on any atom is -0.459 e. The third-order valence-corrected chi connectivity index (χ3v) is 4.60. The molecule has 1 heterocycles.